The van der Waals surface area contributed by atoms with Crippen LogP contribution in [0.25, 0.3) is 0 Å². The van der Waals surface area contributed by atoms with Crippen molar-refractivity contribution in [3.8, 4) is 0 Å². The first-order chi connectivity index (χ1) is 9.90. The topological polar surface area (TPSA) is 75.3 Å². The molecule has 1 rings (SSSR count). The van der Waals surface area contributed by atoms with Crippen molar-refractivity contribution in [1.82, 2.24) is 4.72 Å². The molecule has 0 saturated heterocycles. The van der Waals surface area contributed by atoms with Crippen LogP contribution in [0, 0.1) is 5.92 Å². The van der Waals surface area contributed by atoms with Crippen LogP contribution in [0.5, 0.6) is 0 Å². The Hall–Kier alpha value is -1.40. The summed E-state index contributed by atoms with van der Waals surface area (Å²) >= 11 is 0. The summed E-state index contributed by atoms with van der Waals surface area (Å²) in [6, 6.07) is 6.21. The summed E-state index contributed by atoms with van der Waals surface area (Å²) < 4.78 is 26.3. The minimum atomic E-state index is -3.46. The van der Waals surface area contributed by atoms with Gasteiger partial charge in [-0.3, -0.25) is 4.79 Å². The average molecular weight is 312 g/mol. The fourth-order valence-electron chi connectivity index (χ4n) is 1.87. The van der Waals surface area contributed by atoms with Gasteiger partial charge < -0.3 is 5.32 Å². The van der Waals surface area contributed by atoms with Crippen LogP contribution >= 0.6 is 0 Å². The Kier molecular flexibility index (Phi) is 6.84. The third-order valence-corrected chi connectivity index (χ3v) is 4.62. The number of hydrogen-bond donors (Lipinski definition) is 2. The Morgan fingerprint density at radius 2 is 1.76 bits per heavy atom. The highest BCUT2D eigenvalue weighted by molar-refractivity contribution is 7.89. The largest absolute Gasteiger partial charge is 0.326 e. The van der Waals surface area contributed by atoms with Gasteiger partial charge in [0.25, 0.3) is 0 Å². The molecule has 0 radical (unpaired) electrons. The summed E-state index contributed by atoms with van der Waals surface area (Å²) in [6.45, 7) is 6.23. The quantitative estimate of drug-likeness (QED) is 0.775. The second-order valence-electron chi connectivity index (χ2n) is 5.10. The Labute approximate surface area is 127 Å². The van der Waals surface area contributed by atoms with E-state index in [4.69, 9.17) is 0 Å². The van der Waals surface area contributed by atoms with E-state index >= 15 is 0 Å². The molecule has 0 heterocycles. The van der Waals surface area contributed by atoms with Crippen molar-refractivity contribution in [2.24, 2.45) is 5.92 Å². The Bertz CT molecular complexity index is 553. The number of rotatable bonds is 8. The van der Waals surface area contributed by atoms with E-state index in [1.54, 1.807) is 12.1 Å². The molecule has 0 bridgehead atoms. The highest BCUT2D eigenvalue weighted by Gasteiger charge is 2.14. The molecule has 1 amide bonds. The Balaban J connectivity index is 2.72. The molecule has 1 aromatic rings. The molecule has 2 N–H and O–H groups in total. The number of sulfonamides is 1. The lowest BCUT2D eigenvalue weighted by molar-refractivity contribution is -0.119. The summed E-state index contributed by atoms with van der Waals surface area (Å²) in [7, 11) is -3.46. The van der Waals surface area contributed by atoms with Gasteiger partial charge in [0.05, 0.1) is 4.90 Å². The van der Waals surface area contributed by atoms with Crippen LogP contribution in [-0.2, 0) is 14.8 Å². The van der Waals surface area contributed by atoms with Crippen LogP contribution in [-0.4, -0.2) is 20.9 Å². The zero-order valence-corrected chi connectivity index (χ0v) is 13.7. The number of hydrogen-bond acceptors (Lipinski definition) is 3. The number of anilines is 1. The number of benzene rings is 1. The van der Waals surface area contributed by atoms with Crippen molar-refractivity contribution >= 4 is 21.6 Å². The molecule has 118 valence electrons. The second kappa shape index (κ2) is 8.14. The predicted molar refractivity (Wildman–Crippen MR) is 84.6 cm³/mol. The van der Waals surface area contributed by atoms with Gasteiger partial charge in [-0.25, -0.2) is 13.1 Å². The Morgan fingerprint density at radius 3 is 2.29 bits per heavy atom. The van der Waals surface area contributed by atoms with Crippen LogP contribution in [0.1, 0.15) is 40.0 Å². The molecule has 0 aliphatic carbocycles. The number of carbonyl (C=O) groups is 1. The SMILES string of the molecule is CCCNS(=O)(=O)c1ccc(NC(=O)C(C)CCC)cc1. The first kappa shape index (κ1) is 17.7. The molecule has 0 aliphatic heterocycles. The van der Waals surface area contributed by atoms with Crippen molar-refractivity contribution in [1.29, 1.82) is 0 Å². The molecule has 5 nitrogen and oxygen atoms in total. The van der Waals surface area contributed by atoms with Crippen molar-refractivity contribution in [2.75, 3.05) is 11.9 Å². The monoisotopic (exact) mass is 312 g/mol. The van der Waals surface area contributed by atoms with Crippen molar-refractivity contribution in [3.63, 3.8) is 0 Å². The standard InChI is InChI=1S/C15H24N2O3S/c1-4-6-12(3)15(18)17-13-7-9-14(10-8-13)21(19,20)16-11-5-2/h7-10,12,16H,4-6,11H2,1-3H3,(H,17,18). The molecule has 1 unspecified atom stereocenters. The molecular weight excluding hydrogens is 288 g/mol. The van der Waals surface area contributed by atoms with Crippen LogP contribution in [0.2, 0.25) is 0 Å². The van der Waals surface area contributed by atoms with Gasteiger partial charge in [-0.1, -0.05) is 27.2 Å². The second-order valence-corrected chi connectivity index (χ2v) is 6.87. The van der Waals surface area contributed by atoms with Gasteiger partial charge in [0.2, 0.25) is 15.9 Å². The number of carbonyl (C=O) groups excluding carboxylic acids is 1. The van der Waals surface area contributed by atoms with Gasteiger partial charge in [-0.15, -0.1) is 0 Å². The predicted octanol–water partition coefficient (Wildman–Crippen LogP) is 2.75. The van der Waals surface area contributed by atoms with Gasteiger partial charge in [-0.2, -0.15) is 0 Å². The average Bonchev–Trinajstić information content (AvgIpc) is 2.46. The molecule has 0 saturated carbocycles. The highest BCUT2D eigenvalue weighted by atomic mass is 32.2. The van der Waals surface area contributed by atoms with Crippen LogP contribution in [0.15, 0.2) is 29.2 Å². The summed E-state index contributed by atoms with van der Waals surface area (Å²) in [5.74, 6) is -0.0961. The maximum atomic E-state index is 11.9. The number of amides is 1. The number of nitrogens with one attached hydrogen (secondary N) is 2. The molecular formula is C15H24N2O3S. The highest BCUT2D eigenvalue weighted by Crippen LogP contribution is 2.15. The van der Waals surface area contributed by atoms with E-state index in [0.717, 1.165) is 19.3 Å². The van der Waals surface area contributed by atoms with Crippen LogP contribution in [0.4, 0.5) is 5.69 Å². The van der Waals surface area contributed by atoms with Gasteiger partial charge in [0, 0.05) is 18.2 Å². The molecule has 0 fully saturated rings. The van der Waals surface area contributed by atoms with E-state index in [-0.39, 0.29) is 16.7 Å². The van der Waals surface area contributed by atoms with E-state index in [9.17, 15) is 13.2 Å². The third kappa shape index (κ3) is 5.47. The summed E-state index contributed by atoms with van der Waals surface area (Å²) in [4.78, 5) is 12.1. The maximum Gasteiger partial charge on any atom is 0.240 e. The smallest absolute Gasteiger partial charge is 0.240 e. The zero-order chi connectivity index (χ0) is 15.9. The molecule has 0 aliphatic rings. The fraction of sp³-hybridized carbons (Fsp3) is 0.533. The normalized spacial score (nSPS) is 12.9. The minimum Gasteiger partial charge on any atom is -0.326 e. The van der Waals surface area contributed by atoms with Gasteiger partial charge in [0.1, 0.15) is 0 Å². The molecule has 0 spiro atoms. The first-order valence-electron chi connectivity index (χ1n) is 7.31. The lowest BCUT2D eigenvalue weighted by Crippen LogP contribution is -2.24. The van der Waals surface area contributed by atoms with Crippen LogP contribution in [0.3, 0.4) is 0 Å². The van der Waals surface area contributed by atoms with E-state index in [1.165, 1.54) is 12.1 Å². The van der Waals surface area contributed by atoms with Crippen molar-refractivity contribution in [3.05, 3.63) is 24.3 Å². The van der Waals surface area contributed by atoms with Crippen molar-refractivity contribution < 1.29 is 13.2 Å². The molecule has 6 heteroatoms. The first-order valence-corrected chi connectivity index (χ1v) is 8.79. The molecule has 21 heavy (non-hydrogen) atoms. The third-order valence-electron chi connectivity index (χ3n) is 3.14. The van der Waals surface area contributed by atoms with Gasteiger partial charge >= 0.3 is 0 Å². The fourth-order valence-corrected chi connectivity index (χ4v) is 3.00. The van der Waals surface area contributed by atoms with Gasteiger partial charge in [0.15, 0.2) is 0 Å². The van der Waals surface area contributed by atoms with E-state index in [0.29, 0.717) is 12.2 Å². The maximum absolute atomic E-state index is 11.9. The lowest BCUT2D eigenvalue weighted by atomic mass is 10.1. The summed E-state index contributed by atoms with van der Waals surface area (Å²) in [5, 5.41) is 2.79. The van der Waals surface area contributed by atoms with E-state index < -0.39 is 10.0 Å². The summed E-state index contributed by atoms with van der Waals surface area (Å²) in [6.07, 6.45) is 2.52. The van der Waals surface area contributed by atoms with E-state index in [2.05, 4.69) is 10.0 Å². The molecule has 0 aromatic heterocycles. The lowest BCUT2D eigenvalue weighted by Gasteiger charge is -2.11. The summed E-state index contributed by atoms with van der Waals surface area (Å²) in [5.41, 5.74) is 0.609. The Morgan fingerprint density at radius 1 is 1.14 bits per heavy atom. The van der Waals surface area contributed by atoms with Crippen molar-refractivity contribution in [2.45, 2.75) is 44.9 Å². The van der Waals surface area contributed by atoms with E-state index in [1.807, 2.05) is 20.8 Å². The zero-order valence-electron chi connectivity index (χ0n) is 12.8. The molecule has 1 atom stereocenters. The minimum absolute atomic E-state index is 0.0448. The van der Waals surface area contributed by atoms with Crippen LogP contribution < -0.4 is 10.0 Å². The van der Waals surface area contributed by atoms with Gasteiger partial charge in [-0.05, 0) is 37.1 Å². The molecule has 1 aromatic carbocycles.